The lowest BCUT2D eigenvalue weighted by molar-refractivity contribution is -0.384. The van der Waals surface area contributed by atoms with Crippen molar-refractivity contribution in [3.63, 3.8) is 0 Å². The highest BCUT2D eigenvalue weighted by molar-refractivity contribution is 8.18. The molecule has 1 aliphatic heterocycles. The minimum absolute atomic E-state index is 0.0437. The van der Waals surface area contributed by atoms with Crippen LogP contribution in [0, 0.1) is 10.1 Å². The third kappa shape index (κ3) is 5.70. The lowest BCUT2D eigenvalue weighted by Gasteiger charge is -2.16. The van der Waals surface area contributed by atoms with Crippen LogP contribution in [0.25, 0.3) is 17.4 Å². The molecule has 0 atom stereocenters. The highest BCUT2D eigenvalue weighted by Crippen LogP contribution is 2.36. The second kappa shape index (κ2) is 10.4. The Morgan fingerprint density at radius 2 is 1.95 bits per heavy atom. The number of halogens is 3. The molecular weight excluding hydrogens is 531 g/mol. The number of methoxy groups -OCH3 is 1. The number of non-ortho nitro benzene ring substituents is 1. The van der Waals surface area contributed by atoms with Crippen LogP contribution in [0.1, 0.15) is 11.3 Å². The highest BCUT2D eigenvalue weighted by atomic mass is 32.2. The Bertz CT molecular complexity index is 1480. The van der Waals surface area contributed by atoms with Crippen LogP contribution in [0.2, 0.25) is 0 Å². The molecule has 1 fully saturated rings. The summed E-state index contributed by atoms with van der Waals surface area (Å²) in [7, 11) is 1.21. The van der Waals surface area contributed by atoms with Crippen molar-refractivity contribution in [2.45, 2.75) is 6.18 Å². The van der Waals surface area contributed by atoms with Gasteiger partial charge in [-0.05, 0) is 42.1 Å². The smallest absolute Gasteiger partial charge is 0.416 e. The number of hydrogen-bond acceptors (Lipinski definition) is 8. The van der Waals surface area contributed by atoms with Gasteiger partial charge >= 0.3 is 6.18 Å². The van der Waals surface area contributed by atoms with Gasteiger partial charge in [0.15, 0.2) is 0 Å². The zero-order valence-corrected chi connectivity index (χ0v) is 20.1. The van der Waals surface area contributed by atoms with E-state index in [1.165, 1.54) is 43.5 Å². The molecule has 196 valence electrons. The summed E-state index contributed by atoms with van der Waals surface area (Å²) in [6.45, 7) is -0.751. The van der Waals surface area contributed by atoms with E-state index in [-0.39, 0.29) is 33.5 Å². The molecule has 1 aliphatic rings. The first-order chi connectivity index (χ1) is 18.0. The summed E-state index contributed by atoms with van der Waals surface area (Å²) in [5.74, 6) is -1.31. The van der Waals surface area contributed by atoms with Gasteiger partial charge in [0.2, 0.25) is 5.91 Å². The first-order valence-corrected chi connectivity index (χ1v) is 11.4. The third-order valence-electron chi connectivity index (χ3n) is 5.22. The molecule has 10 nitrogen and oxygen atoms in total. The van der Waals surface area contributed by atoms with Crippen molar-refractivity contribution in [2.24, 2.45) is 0 Å². The number of rotatable bonds is 7. The Labute approximate surface area is 216 Å². The number of carbonyl (C=O) groups excluding carboxylic acids is 3. The summed E-state index contributed by atoms with van der Waals surface area (Å²) in [6.07, 6.45) is -3.39. The van der Waals surface area contributed by atoms with Gasteiger partial charge in [-0.25, -0.2) is 0 Å². The van der Waals surface area contributed by atoms with E-state index in [2.05, 4.69) is 5.32 Å². The van der Waals surface area contributed by atoms with Crippen LogP contribution in [0.4, 0.5) is 29.3 Å². The van der Waals surface area contributed by atoms with Gasteiger partial charge in [-0.15, -0.1) is 0 Å². The van der Waals surface area contributed by atoms with Crippen LogP contribution in [0.5, 0.6) is 5.75 Å². The standard InChI is InChI=1S/C24H16F3N3O7S/c1-36-19-7-5-14(24(25,26)27)10-17(19)28-21(31)12-29-22(32)20(38-23(29)33)11-16-6-8-18(37-16)13-3-2-4-15(9-13)30(34)35/h2-11H,12H2,1H3,(H,28,31)/b20-11-. The van der Waals surface area contributed by atoms with Crippen LogP contribution in [0.3, 0.4) is 0 Å². The summed E-state index contributed by atoms with van der Waals surface area (Å²) >= 11 is 0.546. The molecule has 1 saturated heterocycles. The Kier molecular flexibility index (Phi) is 7.26. The van der Waals surface area contributed by atoms with Crippen LogP contribution in [-0.2, 0) is 15.8 Å². The maximum Gasteiger partial charge on any atom is 0.416 e. The first-order valence-electron chi connectivity index (χ1n) is 10.6. The molecular formula is C24H16F3N3O7S. The van der Waals surface area contributed by atoms with Gasteiger partial charge in [0.05, 0.1) is 28.2 Å². The molecule has 2 heterocycles. The van der Waals surface area contributed by atoms with Crippen molar-refractivity contribution in [3.8, 4) is 17.1 Å². The van der Waals surface area contributed by atoms with Crippen LogP contribution in [0.15, 0.2) is 63.9 Å². The fourth-order valence-corrected chi connectivity index (χ4v) is 4.26. The van der Waals surface area contributed by atoms with E-state index in [0.29, 0.717) is 28.3 Å². The van der Waals surface area contributed by atoms with Crippen molar-refractivity contribution in [1.82, 2.24) is 4.90 Å². The van der Waals surface area contributed by atoms with E-state index < -0.39 is 40.3 Å². The minimum Gasteiger partial charge on any atom is -0.495 e. The van der Waals surface area contributed by atoms with E-state index in [1.54, 1.807) is 6.07 Å². The number of nitrogens with one attached hydrogen (secondary N) is 1. The van der Waals surface area contributed by atoms with Gasteiger partial charge in [0.25, 0.3) is 16.8 Å². The molecule has 0 saturated carbocycles. The summed E-state index contributed by atoms with van der Waals surface area (Å²) in [5, 5.41) is 12.5. The van der Waals surface area contributed by atoms with Crippen molar-refractivity contribution in [1.29, 1.82) is 0 Å². The fourth-order valence-electron chi connectivity index (χ4n) is 3.44. The van der Waals surface area contributed by atoms with Crippen molar-refractivity contribution in [3.05, 3.63) is 80.9 Å². The van der Waals surface area contributed by atoms with Crippen molar-refractivity contribution in [2.75, 3.05) is 19.0 Å². The predicted molar refractivity (Wildman–Crippen MR) is 130 cm³/mol. The molecule has 4 rings (SSSR count). The number of hydrogen-bond donors (Lipinski definition) is 1. The number of anilines is 1. The average Bonchev–Trinajstić information content (AvgIpc) is 3.44. The minimum atomic E-state index is -4.66. The summed E-state index contributed by atoms with van der Waals surface area (Å²) < 4.78 is 49.7. The molecule has 1 aromatic heterocycles. The Morgan fingerprint density at radius 1 is 1.18 bits per heavy atom. The maximum atomic E-state index is 13.0. The van der Waals surface area contributed by atoms with Crippen molar-refractivity contribution < 1.29 is 41.6 Å². The van der Waals surface area contributed by atoms with Gasteiger partial charge in [0, 0.05) is 23.8 Å². The van der Waals surface area contributed by atoms with E-state index >= 15 is 0 Å². The zero-order valence-electron chi connectivity index (χ0n) is 19.3. The number of thioether (sulfide) groups is 1. The molecule has 14 heteroatoms. The van der Waals surface area contributed by atoms with E-state index in [9.17, 15) is 37.7 Å². The largest absolute Gasteiger partial charge is 0.495 e. The molecule has 3 amide bonds. The topological polar surface area (TPSA) is 132 Å². The third-order valence-corrected chi connectivity index (χ3v) is 6.13. The van der Waals surface area contributed by atoms with Gasteiger partial charge in [0.1, 0.15) is 23.8 Å². The van der Waals surface area contributed by atoms with E-state index in [4.69, 9.17) is 9.15 Å². The quantitative estimate of drug-likeness (QED) is 0.231. The summed E-state index contributed by atoms with van der Waals surface area (Å²) in [5.41, 5.74) is -1.01. The van der Waals surface area contributed by atoms with Gasteiger partial charge < -0.3 is 14.5 Å². The Morgan fingerprint density at radius 3 is 2.63 bits per heavy atom. The number of nitro groups is 1. The van der Waals surface area contributed by atoms with Gasteiger partial charge in [-0.2, -0.15) is 13.2 Å². The molecule has 0 bridgehead atoms. The second-order valence-electron chi connectivity index (χ2n) is 7.74. The molecule has 0 aliphatic carbocycles. The number of nitrogens with zero attached hydrogens (tertiary/aromatic N) is 2. The summed E-state index contributed by atoms with van der Waals surface area (Å²) in [4.78, 5) is 48.7. The number of amides is 3. The Balaban J connectivity index is 1.47. The zero-order chi connectivity index (χ0) is 27.6. The van der Waals surface area contributed by atoms with Crippen LogP contribution >= 0.6 is 11.8 Å². The van der Waals surface area contributed by atoms with E-state index in [0.717, 1.165) is 12.1 Å². The van der Waals surface area contributed by atoms with Gasteiger partial charge in [-0.3, -0.25) is 29.4 Å². The maximum absolute atomic E-state index is 13.0. The van der Waals surface area contributed by atoms with Crippen LogP contribution < -0.4 is 10.1 Å². The molecule has 0 spiro atoms. The SMILES string of the molecule is COc1ccc(C(F)(F)F)cc1NC(=O)CN1C(=O)S/C(=C\c2ccc(-c3cccc([N+](=O)[O-])c3)o2)C1=O. The van der Waals surface area contributed by atoms with Crippen LogP contribution in [-0.4, -0.2) is 40.5 Å². The number of alkyl halides is 3. The summed E-state index contributed by atoms with van der Waals surface area (Å²) in [6, 6.07) is 11.3. The monoisotopic (exact) mass is 547 g/mol. The number of carbonyl (C=O) groups is 3. The Hall–Kier alpha value is -4.59. The predicted octanol–water partition coefficient (Wildman–Crippen LogP) is 5.56. The average molecular weight is 547 g/mol. The molecule has 0 unspecified atom stereocenters. The van der Waals surface area contributed by atoms with Gasteiger partial charge in [-0.1, -0.05) is 12.1 Å². The molecule has 0 radical (unpaired) electrons. The van der Waals surface area contributed by atoms with Crippen molar-refractivity contribution >= 4 is 46.3 Å². The second-order valence-corrected chi connectivity index (χ2v) is 8.73. The van der Waals surface area contributed by atoms with E-state index in [1.807, 2.05) is 0 Å². The highest BCUT2D eigenvalue weighted by Gasteiger charge is 2.37. The lowest BCUT2D eigenvalue weighted by Crippen LogP contribution is -2.36. The lowest BCUT2D eigenvalue weighted by atomic mass is 10.1. The number of ether oxygens (including phenoxy) is 1. The molecule has 2 aromatic carbocycles. The first kappa shape index (κ1) is 26.5. The fraction of sp³-hybridized carbons (Fsp3) is 0.125. The molecule has 1 N–H and O–H groups in total. The number of nitro benzene ring substituents is 1. The molecule has 3 aromatic rings. The normalized spacial score (nSPS) is 14.7. The number of imide groups is 1. The number of furan rings is 1. The number of benzene rings is 2. The molecule has 38 heavy (non-hydrogen) atoms.